The summed E-state index contributed by atoms with van der Waals surface area (Å²) in [7, 11) is 0. The Kier molecular flexibility index (Phi) is 6.51. The fraction of sp³-hybridized carbons (Fsp3) is 0.125. The molecule has 0 atom stereocenters. The van der Waals surface area contributed by atoms with Crippen molar-refractivity contribution in [1.82, 2.24) is 15.2 Å². The minimum absolute atomic E-state index is 0.274. The first kappa shape index (κ1) is 21.6. The number of halogens is 1. The molecule has 0 unspecified atom stereocenters. The molecule has 6 nitrogen and oxygen atoms in total. The maximum atomic E-state index is 13.5. The molecule has 3 amide bonds. The molecule has 2 heterocycles. The summed E-state index contributed by atoms with van der Waals surface area (Å²) < 4.78 is 13.5. The van der Waals surface area contributed by atoms with Crippen LogP contribution in [0.15, 0.2) is 71.8 Å². The number of aromatic nitrogens is 1. The van der Waals surface area contributed by atoms with E-state index in [9.17, 15) is 18.8 Å². The molecule has 1 aliphatic rings. The van der Waals surface area contributed by atoms with Gasteiger partial charge in [0.25, 0.3) is 11.1 Å². The fourth-order valence-electron chi connectivity index (χ4n) is 3.35. The highest BCUT2D eigenvalue weighted by atomic mass is 32.2. The van der Waals surface area contributed by atoms with Crippen molar-refractivity contribution in [2.45, 2.75) is 6.42 Å². The number of nitrogens with one attached hydrogen (secondary N) is 2. The van der Waals surface area contributed by atoms with Gasteiger partial charge in [-0.05, 0) is 53.6 Å². The highest BCUT2D eigenvalue weighted by Crippen LogP contribution is 2.30. The maximum Gasteiger partial charge on any atom is 0.294 e. The van der Waals surface area contributed by atoms with Gasteiger partial charge in [-0.1, -0.05) is 42.5 Å². The molecule has 2 aromatic carbocycles. The molecular formula is C24H20FN3O3S. The number of nitrogens with zero attached hydrogens (tertiary/aromatic N) is 1. The second kappa shape index (κ2) is 9.65. The van der Waals surface area contributed by atoms with Gasteiger partial charge in [0.15, 0.2) is 0 Å². The summed E-state index contributed by atoms with van der Waals surface area (Å²) in [6.45, 7) is -0.0406. The van der Waals surface area contributed by atoms with Crippen LogP contribution in [0.25, 0.3) is 17.0 Å². The van der Waals surface area contributed by atoms with E-state index in [4.69, 9.17) is 0 Å². The van der Waals surface area contributed by atoms with Crippen LogP contribution < -0.4 is 5.32 Å². The third kappa shape index (κ3) is 4.97. The predicted octanol–water partition coefficient (Wildman–Crippen LogP) is 4.26. The van der Waals surface area contributed by atoms with E-state index < -0.39 is 17.1 Å². The molecule has 2 N–H and O–H groups in total. The maximum absolute atomic E-state index is 13.5. The van der Waals surface area contributed by atoms with E-state index >= 15 is 0 Å². The summed E-state index contributed by atoms with van der Waals surface area (Å²) >= 11 is 0.811. The predicted molar refractivity (Wildman–Crippen MR) is 123 cm³/mol. The molecule has 162 valence electrons. The zero-order valence-electron chi connectivity index (χ0n) is 17.0. The van der Waals surface area contributed by atoms with Crippen molar-refractivity contribution in [3.05, 3.63) is 88.7 Å². The first-order valence-corrected chi connectivity index (χ1v) is 10.8. The zero-order valence-corrected chi connectivity index (χ0v) is 17.8. The summed E-state index contributed by atoms with van der Waals surface area (Å²) in [4.78, 5) is 41.2. The average molecular weight is 450 g/mol. The quantitative estimate of drug-likeness (QED) is 0.528. The number of benzene rings is 2. The number of hydrogen-bond acceptors (Lipinski definition) is 4. The Labute approximate surface area is 188 Å². The number of imide groups is 1. The van der Waals surface area contributed by atoms with E-state index in [-0.39, 0.29) is 17.3 Å². The van der Waals surface area contributed by atoms with Crippen molar-refractivity contribution in [3.8, 4) is 0 Å². The molecule has 0 bridgehead atoms. The number of hydrogen-bond donors (Lipinski definition) is 2. The minimum atomic E-state index is -0.486. The lowest BCUT2D eigenvalue weighted by molar-refractivity contribution is -0.129. The first-order valence-electron chi connectivity index (χ1n) is 10.0. The smallest absolute Gasteiger partial charge is 0.294 e. The number of carbonyl (C=O) groups excluding carboxylic acids is 3. The number of H-pyrrole nitrogens is 1. The molecule has 1 saturated heterocycles. The number of amides is 3. The van der Waals surface area contributed by atoms with Crippen LogP contribution in [0.5, 0.6) is 0 Å². The molecule has 0 saturated carbocycles. The lowest BCUT2D eigenvalue weighted by Crippen LogP contribution is -2.40. The second-order valence-corrected chi connectivity index (χ2v) is 8.16. The van der Waals surface area contributed by atoms with Crippen LogP contribution >= 0.6 is 11.8 Å². The van der Waals surface area contributed by atoms with Crippen LogP contribution in [0.3, 0.4) is 0 Å². The Balaban J connectivity index is 1.30. The summed E-state index contributed by atoms with van der Waals surface area (Å²) in [5.74, 6) is -1.24. The average Bonchev–Trinajstić information content (AvgIpc) is 3.30. The van der Waals surface area contributed by atoms with Crippen molar-refractivity contribution < 1.29 is 18.8 Å². The first-order chi connectivity index (χ1) is 15.5. The van der Waals surface area contributed by atoms with Gasteiger partial charge < -0.3 is 10.3 Å². The van der Waals surface area contributed by atoms with Crippen molar-refractivity contribution >= 4 is 45.8 Å². The highest BCUT2D eigenvalue weighted by molar-refractivity contribution is 8.18. The summed E-state index contributed by atoms with van der Waals surface area (Å²) in [5, 5.41) is 3.00. The monoisotopic (exact) mass is 449 g/mol. The summed E-state index contributed by atoms with van der Waals surface area (Å²) in [5.41, 5.74) is 2.66. The van der Waals surface area contributed by atoms with E-state index in [1.54, 1.807) is 24.4 Å². The van der Waals surface area contributed by atoms with Crippen molar-refractivity contribution in [2.75, 3.05) is 13.1 Å². The van der Waals surface area contributed by atoms with Crippen LogP contribution in [0.2, 0.25) is 0 Å². The number of carbonyl (C=O) groups is 3. The van der Waals surface area contributed by atoms with Gasteiger partial charge in [0.05, 0.1) is 4.91 Å². The van der Waals surface area contributed by atoms with Crippen LogP contribution in [-0.4, -0.2) is 40.0 Å². The Morgan fingerprint density at radius 1 is 1.16 bits per heavy atom. The third-order valence-electron chi connectivity index (χ3n) is 4.96. The molecule has 4 rings (SSSR count). The number of thioether (sulfide) groups is 1. The van der Waals surface area contributed by atoms with Crippen LogP contribution in [0.1, 0.15) is 11.1 Å². The molecule has 1 fully saturated rings. The second-order valence-electron chi connectivity index (χ2n) is 7.16. The van der Waals surface area contributed by atoms with Gasteiger partial charge in [-0.25, -0.2) is 4.39 Å². The molecule has 3 aromatic rings. The third-order valence-corrected chi connectivity index (χ3v) is 5.88. The number of rotatable bonds is 7. The van der Waals surface area contributed by atoms with E-state index in [0.29, 0.717) is 13.0 Å². The van der Waals surface area contributed by atoms with Gasteiger partial charge in [-0.3, -0.25) is 19.3 Å². The van der Waals surface area contributed by atoms with Crippen molar-refractivity contribution in [3.63, 3.8) is 0 Å². The fourth-order valence-corrected chi connectivity index (χ4v) is 4.14. The molecule has 0 aliphatic carbocycles. The van der Waals surface area contributed by atoms with Crippen LogP contribution in [0.4, 0.5) is 9.18 Å². The molecule has 8 heteroatoms. The topological polar surface area (TPSA) is 82.3 Å². The van der Waals surface area contributed by atoms with Gasteiger partial charge in [0, 0.05) is 23.6 Å². The lowest BCUT2D eigenvalue weighted by atomic mass is 10.1. The van der Waals surface area contributed by atoms with Gasteiger partial charge in [0.2, 0.25) is 5.91 Å². The highest BCUT2D eigenvalue weighted by Gasteiger charge is 2.35. The van der Waals surface area contributed by atoms with Gasteiger partial charge >= 0.3 is 0 Å². The van der Waals surface area contributed by atoms with E-state index in [1.807, 2.05) is 36.4 Å². The Morgan fingerprint density at radius 2 is 1.97 bits per heavy atom. The van der Waals surface area contributed by atoms with E-state index in [0.717, 1.165) is 38.7 Å². The molecular weight excluding hydrogens is 429 g/mol. The van der Waals surface area contributed by atoms with Crippen LogP contribution in [0, 0.1) is 5.82 Å². The summed E-state index contributed by atoms with van der Waals surface area (Å²) in [6, 6.07) is 14.1. The Morgan fingerprint density at radius 3 is 2.78 bits per heavy atom. The van der Waals surface area contributed by atoms with Crippen molar-refractivity contribution in [1.29, 1.82) is 0 Å². The molecule has 1 aromatic heterocycles. The standard InChI is InChI=1S/C24H20FN3O3S/c25-18-9-10-20-19(13-18)17(14-27-20)11-12-26-22(29)15-28-23(30)21(32-24(28)31)8-4-7-16-5-2-1-3-6-16/h1-10,13-14,27H,11-12,15H2,(H,26,29)/b7-4+,21-8-. The zero-order chi connectivity index (χ0) is 22.5. The SMILES string of the molecule is O=C(CN1C(=O)S/C(=C\C=C\c2ccccc2)C1=O)NCCc1c[nH]c2ccc(F)cc12. The molecule has 0 radical (unpaired) electrons. The Bertz CT molecular complexity index is 1230. The molecule has 32 heavy (non-hydrogen) atoms. The van der Waals surface area contributed by atoms with Gasteiger partial charge in [-0.2, -0.15) is 0 Å². The number of aromatic amines is 1. The normalized spacial score (nSPS) is 15.4. The van der Waals surface area contributed by atoms with Crippen molar-refractivity contribution in [2.24, 2.45) is 0 Å². The van der Waals surface area contributed by atoms with E-state index in [2.05, 4.69) is 10.3 Å². The lowest BCUT2D eigenvalue weighted by Gasteiger charge is -2.12. The molecule has 0 spiro atoms. The minimum Gasteiger partial charge on any atom is -0.361 e. The number of allylic oxidation sites excluding steroid dienone is 2. The van der Waals surface area contributed by atoms with Gasteiger partial charge in [-0.15, -0.1) is 0 Å². The number of fused-ring (bicyclic) bond motifs is 1. The van der Waals surface area contributed by atoms with Crippen LogP contribution in [-0.2, 0) is 16.0 Å². The van der Waals surface area contributed by atoms with Gasteiger partial charge in [0.1, 0.15) is 12.4 Å². The summed E-state index contributed by atoms with van der Waals surface area (Å²) in [6.07, 6.45) is 7.38. The Hall–Kier alpha value is -3.65. The largest absolute Gasteiger partial charge is 0.361 e. The van der Waals surface area contributed by atoms with E-state index in [1.165, 1.54) is 12.1 Å². The molecule has 1 aliphatic heterocycles.